The number of ether oxygens (including phenoxy) is 3. The first-order valence-corrected chi connectivity index (χ1v) is 15.7. The smallest absolute Gasteiger partial charge is 0.337 e. The molecule has 10 nitrogen and oxygen atoms in total. The average molecular weight is 636 g/mol. The molecule has 0 aliphatic rings. The molecule has 0 saturated carbocycles. The Morgan fingerprint density at radius 1 is 0.830 bits per heavy atom. The van der Waals surface area contributed by atoms with Gasteiger partial charge in [-0.05, 0) is 72.5 Å². The Balaban J connectivity index is 1.56. The molecule has 10 heteroatoms. The zero-order chi connectivity index (χ0) is 33.3. The van der Waals surface area contributed by atoms with Gasteiger partial charge >= 0.3 is 5.97 Å². The van der Waals surface area contributed by atoms with Crippen molar-refractivity contribution in [3.63, 3.8) is 0 Å². The fourth-order valence-electron chi connectivity index (χ4n) is 5.44. The number of pyridine rings is 1. The molecule has 2 aromatic heterocycles. The maximum Gasteiger partial charge on any atom is 0.337 e. The number of hydrogen-bond acceptors (Lipinski definition) is 9. The van der Waals surface area contributed by atoms with Crippen molar-refractivity contribution in [2.24, 2.45) is 0 Å². The van der Waals surface area contributed by atoms with Crippen LogP contribution in [0.2, 0.25) is 0 Å². The highest BCUT2D eigenvalue weighted by molar-refractivity contribution is 5.90. The summed E-state index contributed by atoms with van der Waals surface area (Å²) < 4.78 is 17.2. The van der Waals surface area contributed by atoms with Gasteiger partial charge in [-0.15, -0.1) is 0 Å². The van der Waals surface area contributed by atoms with Crippen molar-refractivity contribution in [2.75, 3.05) is 31.5 Å². The van der Waals surface area contributed by atoms with Crippen molar-refractivity contribution in [2.45, 2.75) is 52.4 Å². The van der Waals surface area contributed by atoms with Gasteiger partial charge in [-0.25, -0.2) is 9.78 Å². The highest BCUT2D eigenvalue weighted by Crippen LogP contribution is 2.26. The summed E-state index contributed by atoms with van der Waals surface area (Å²) in [6.07, 6.45) is 3.65. The number of fused-ring (bicyclic) bond motifs is 1. The summed E-state index contributed by atoms with van der Waals surface area (Å²) in [5.74, 6) is 2.16. The van der Waals surface area contributed by atoms with E-state index in [-0.39, 0.29) is 11.6 Å². The lowest BCUT2D eigenvalue weighted by Gasteiger charge is -2.25. The van der Waals surface area contributed by atoms with E-state index < -0.39 is 5.97 Å². The third kappa shape index (κ3) is 8.07. The molecule has 0 unspecified atom stereocenters. The maximum absolute atomic E-state index is 14.0. The standard InChI is InChI=1S/C37H41N5O5/c1-6-7-25(2)38-34-33-32(20-21-41(35(33)43)22-26-8-14-29(15-9-26)36(44)47-5)39-37(40-34)42(23-27-10-16-30(45-3)17-11-27)24-28-12-18-31(46-4)19-13-28/h8-21,25H,6-7,22-24H2,1-5H3,(H,38,39,40)/t25-/m0/s1. The van der Waals surface area contributed by atoms with Crippen LogP contribution in [0.5, 0.6) is 11.5 Å². The lowest BCUT2D eigenvalue weighted by atomic mass is 10.1. The lowest BCUT2D eigenvalue weighted by Crippen LogP contribution is -2.27. The SMILES string of the molecule is CCC[C@H](C)Nc1nc(N(Cc2ccc(OC)cc2)Cc2ccc(OC)cc2)nc2ccn(Cc3ccc(C(=O)OC)cc3)c(=O)c12. The van der Waals surface area contributed by atoms with Crippen LogP contribution in [0.4, 0.5) is 11.8 Å². The fraction of sp³-hybridized carbons (Fsp3) is 0.297. The van der Waals surface area contributed by atoms with E-state index in [1.54, 1.807) is 37.1 Å². The number of hydrogen-bond donors (Lipinski definition) is 1. The van der Waals surface area contributed by atoms with Crippen LogP contribution in [0.15, 0.2) is 89.9 Å². The molecule has 0 saturated heterocycles. The van der Waals surface area contributed by atoms with E-state index in [0.29, 0.717) is 47.9 Å². The Hall–Kier alpha value is -5.38. The Morgan fingerprint density at radius 3 is 1.94 bits per heavy atom. The number of methoxy groups -OCH3 is 3. The van der Waals surface area contributed by atoms with Gasteiger partial charge in [0.2, 0.25) is 5.95 Å². The van der Waals surface area contributed by atoms with E-state index >= 15 is 0 Å². The van der Waals surface area contributed by atoms with Crippen molar-refractivity contribution >= 4 is 28.6 Å². The Morgan fingerprint density at radius 2 is 1.40 bits per heavy atom. The summed E-state index contributed by atoms with van der Waals surface area (Å²) in [4.78, 5) is 38.0. The summed E-state index contributed by atoms with van der Waals surface area (Å²) in [6.45, 7) is 5.61. The van der Waals surface area contributed by atoms with Crippen molar-refractivity contribution < 1.29 is 19.0 Å². The minimum atomic E-state index is -0.405. The summed E-state index contributed by atoms with van der Waals surface area (Å²) in [6, 6.07) is 24.8. The van der Waals surface area contributed by atoms with Gasteiger partial charge in [0.25, 0.3) is 5.56 Å². The Bertz CT molecular complexity index is 1810. The van der Waals surface area contributed by atoms with Gasteiger partial charge in [0.05, 0.1) is 39.0 Å². The van der Waals surface area contributed by atoms with Crippen LogP contribution in [-0.4, -0.2) is 47.9 Å². The van der Waals surface area contributed by atoms with Crippen LogP contribution in [0.1, 0.15) is 53.7 Å². The molecule has 5 rings (SSSR count). The first-order valence-electron chi connectivity index (χ1n) is 15.7. The summed E-state index contributed by atoms with van der Waals surface area (Å²) in [5, 5.41) is 3.95. The molecule has 5 aromatic rings. The molecule has 0 aliphatic heterocycles. The molecule has 2 heterocycles. The van der Waals surface area contributed by atoms with Crippen LogP contribution in [0.25, 0.3) is 10.9 Å². The number of nitrogens with one attached hydrogen (secondary N) is 1. The summed E-state index contributed by atoms with van der Waals surface area (Å²) in [7, 11) is 4.65. The van der Waals surface area contributed by atoms with Crippen molar-refractivity contribution in [1.82, 2.24) is 14.5 Å². The normalized spacial score (nSPS) is 11.6. The highest BCUT2D eigenvalue weighted by Gasteiger charge is 2.20. The van der Waals surface area contributed by atoms with Crippen molar-refractivity contribution in [3.8, 4) is 11.5 Å². The number of carbonyl (C=O) groups is 1. The third-order valence-electron chi connectivity index (χ3n) is 7.99. The van der Waals surface area contributed by atoms with Gasteiger partial charge in [0, 0.05) is 25.3 Å². The molecule has 1 N–H and O–H groups in total. The molecule has 0 radical (unpaired) electrons. The molecule has 0 aliphatic carbocycles. The Labute approximate surface area is 275 Å². The molecule has 0 spiro atoms. The van der Waals surface area contributed by atoms with Crippen molar-refractivity contribution in [3.05, 3.63) is 118 Å². The molecule has 244 valence electrons. The predicted octanol–water partition coefficient (Wildman–Crippen LogP) is 6.45. The van der Waals surface area contributed by atoms with E-state index in [4.69, 9.17) is 24.2 Å². The number of esters is 1. The van der Waals surface area contributed by atoms with Gasteiger partial charge in [-0.3, -0.25) is 4.79 Å². The summed E-state index contributed by atoms with van der Waals surface area (Å²) in [5.41, 5.74) is 3.80. The molecule has 0 amide bonds. The van der Waals surface area contributed by atoms with Crippen LogP contribution >= 0.6 is 0 Å². The monoisotopic (exact) mass is 635 g/mol. The molecule has 47 heavy (non-hydrogen) atoms. The second-order valence-corrected chi connectivity index (χ2v) is 11.5. The first kappa shape index (κ1) is 33.0. The minimum Gasteiger partial charge on any atom is -0.497 e. The molecule has 0 bridgehead atoms. The number of rotatable bonds is 14. The van der Waals surface area contributed by atoms with E-state index in [2.05, 4.69) is 24.1 Å². The van der Waals surface area contributed by atoms with Gasteiger partial charge in [0.15, 0.2) is 0 Å². The highest BCUT2D eigenvalue weighted by atomic mass is 16.5. The molecular weight excluding hydrogens is 594 g/mol. The van der Waals surface area contributed by atoms with Crippen LogP contribution in [0.3, 0.4) is 0 Å². The van der Waals surface area contributed by atoms with E-state index in [9.17, 15) is 9.59 Å². The molecule has 1 atom stereocenters. The topological polar surface area (TPSA) is 108 Å². The van der Waals surface area contributed by atoms with Gasteiger partial charge in [-0.1, -0.05) is 49.7 Å². The summed E-state index contributed by atoms with van der Waals surface area (Å²) >= 11 is 0. The van der Waals surface area contributed by atoms with E-state index in [1.165, 1.54) is 7.11 Å². The zero-order valence-electron chi connectivity index (χ0n) is 27.5. The predicted molar refractivity (Wildman–Crippen MR) is 185 cm³/mol. The molecule has 3 aromatic carbocycles. The van der Waals surface area contributed by atoms with Crippen molar-refractivity contribution in [1.29, 1.82) is 0 Å². The fourth-order valence-corrected chi connectivity index (χ4v) is 5.44. The third-order valence-corrected chi connectivity index (χ3v) is 7.99. The van der Waals surface area contributed by atoms with Crippen LogP contribution < -0.4 is 25.2 Å². The second kappa shape index (κ2) is 15.3. The molecular formula is C37H41N5O5. The average Bonchev–Trinajstić information content (AvgIpc) is 3.09. The number of carbonyl (C=O) groups excluding carboxylic acids is 1. The quantitative estimate of drug-likeness (QED) is 0.138. The molecule has 0 fully saturated rings. The first-order chi connectivity index (χ1) is 22.8. The number of aromatic nitrogens is 3. The minimum absolute atomic E-state index is 0.0847. The van der Waals surface area contributed by atoms with Gasteiger partial charge < -0.3 is 29.0 Å². The van der Waals surface area contributed by atoms with Crippen LogP contribution in [0, 0.1) is 0 Å². The zero-order valence-corrected chi connectivity index (χ0v) is 27.5. The largest absolute Gasteiger partial charge is 0.497 e. The van der Waals surface area contributed by atoms with Gasteiger partial charge in [-0.2, -0.15) is 4.98 Å². The van der Waals surface area contributed by atoms with Crippen LogP contribution in [-0.2, 0) is 24.4 Å². The van der Waals surface area contributed by atoms with E-state index in [0.717, 1.165) is 41.0 Å². The van der Waals surface area contributed by atoms with Gasteiger partial charge in [0.1, 0.15) is 22.7 Å². The maximum atomic E-state index is 14.0. The number of benzene rings is 3. The Kier molecular flexibility index (Phi) is 10.7. The lowest BCUT2D eigenvalue weighted by molar-refractivity contribution is 0.0600. The second-order valence-electron chi connectivity index (χ2n) is 11.5. The van der Waals surface area contributed by atoms with E-state index in [1.807, 2.05) is 66.7 Å². The number of anilines is 2. The number of nitrogens with zero attached hydrogens (tertiary/aromatic N) is 4.